The number of carbonyl (C=O) groups is 2. The number of nitrogens with one attached hydrogen (secondary N) is 1. The molecule has 2 aromatic rings. The van der Waals surface area contributed by atoms with Gasteiger partial charge >= 0.3 is 6.01 Å². The highest BCUT2D eigenvalue weighted by atomic mass is 19.1. The van der Waals surface area contributed by atoms with Gasteiger partial charge in [-0.1, -0.05) is 24.3 Å². The number of amides is 2. The van der Waals surface area contributed by atoms with Crippen LogP contribution in [0, 0.1) is 11.3 Å². The Labute approximate surface area is 255 Å². The summed E-state index contributed by atoms with van der Waals surface area (Å²) < 4.78 is 32.9. The monoisotopic (exact) mass is 605 g/mol. The number of likely N-dealkylation sites (tertiary alicyclic amines) is 1. The molecule has 2 saturated heterocycles. The van der Waals surface area contributed by atoms with Crippen molar-refractivity contribution in [3.05, 3.63) is 53.2 Å². The van der Waals surface area contributed by atoms with E-state index in [1.165, 1.54) is 6.08 Å². The number of anilines is 2. The van der Waals surface area contributed by atoms with E-state index in [1.807, 2.05) is 35.0 Å². The van der Waals surface area contributed by atoms with E-state index in [0.29, 0.717) is 49.6 Å². The fraction of sp³-hybridized carbons (Fsp3) is 0.531. The van der Waals surface area contributed by atoms with Gasteiger partial charge in [-0.2, -0.15) is 15.2 Å². The number of halogens is 2. The molecule has 1 aliphatic carbocycles. The summed E-state index contributed by atoms with van der Waals surface area (Å²) in [5.74, 6) is 0.0140. The minimum Gasteiger partial charge on any atom is -0.462 e. The Balaban J connectivity index is 1.35. The first kappa shape index (κ1) is 29.9. The van der Waals surface area contributed by atoms with Gasteiger partial charge < -0.3 is 19.9 Å². The summed E-state index contributed by atoms with van der Waals surface area (Å²) in [6.45, 7) is 0.756. The van der Waals surface area contributed by atoms with Crippen LogP contribution in [0.1, 0.15) is 42.5 Å². The lowest BCUT2D eigenvalue weighted by molar-refractivity contribution is -0.128. The molecule has 1 unspecified atom stereocenters. The lowest BCUT2D eigenvalue weighted by Gasteiger charge is -2.44. The van der Waals surface area contributed by atoms with E-state index in [9.17, 15) is 23.6 Å². The molecule has 0 bridgehead atoms. The van der Waals surface area contributed by atoms with E-state index in [4.69, 9.17) is 14.7 Å². The topological polar surface area (TPSA) is 115 Å². The van der Waals surface area contributed by atoms with Crippen LogP contribution in [0.3, 0.4) is 0 Å². The van der Waals surface area contributed by atoms with Gasteiger partial charge in [0, 0.05) is 44.7 Å². The lowest BCUT2D eigenvalue weighted by Crippen LogP contribution is -2.55. The third-order valence-corrected chi connectivity index (χ3v) is 9.45. The van der Waals surface area contributed by atoms with Crippen molar-refractivity contribution in [3.63, 3.8) is 0 Å². The summed E-state index contributed by atoms with van der Waals surface area (Å²) >= 11 is 0. The smallest absolute Gasteiger partial charge is 0.318 e. The molecule has 2 amide bonds. The van der Waals surface area contributed by atoms with Crippen LogP contribution in [-0.4, -0.2) is 96.3 Å². The quantitative estimate of drug-likeness (QED) is 0.479. The van der Waals surface area contributed by atoms with Crippen molar-refractivity contribution >= 4 is 23.3 Å². The summed E-state index contributed by atoms with van der Waals surface area (Å²) in [5.41, 5.74) is 2.57. The maximum atomic E-state index is 14.0. The molecule has 4 atom stereocenters. The summed E-state index contributed by atoms with van der Waals surface area (Å²) in [5, 5.41) is 12.7. The number of allylic oxidation sites excluding steroid dienone is 1. The molecule has 3 aliphatic heterocycles. The summed E-state index contributed by atoms with van der Waals surface area (Å²) in [4.78, 5) is 41.8. The minimum absolute atomic E-state index is 0.0764. The highest BCUT2D eigenvalue weighted by molar-refractivity contribution is 6.04. The van der Waals surface area contributed by atoms with Gasteiger partial charge in [-0.3, -0.25) is 14.5 Å². The fourth-order valence-corrected chi connectivity index (χ4v) is 7.20. The first-order valence-corrected chi connectivity index (χ1v) is 15.3. The molecule has 2 fully saturated rings. The lowest BCUT2D eigenvalue weighted by atomic mass is 9.65. The average molecular weight is 606 g/mol. The number of hydrogen-bond acceptors (Lipinski definition) is 8. The van der Waals surface area contributed by atoms with Gasteiger partial charge in [0.15, 0.2) is 5.82 Å². The minimum atomic E-state index is -0.911. The van der Waals surface area contributed by atoms with E-state index >= 15 is 0 Å². The molecule has 6 rings (SSSR count). The maximum Gasteiger partial charge on any atom is 0.318 e. The first-order valence-electron chi connectivity index (χ1n) is 15.3. The summed E-state index contributed by atoms with van der Waals surface area (Å²) in [6, 6.07) is 9.79. The van der Waals surface area contributed by atoms with Crippen molar-refractivity contribution < 1.29 is 23.1 Å². The number of piperazine rings is 1. The Bertz CT molecular complexity index is 1500. The van der Waals surface area contributed by atoms with Gasteiger partial charge in [-0.15, -0.1) is 0 Å². The van der Waals surface area contributed by atoms with E-state index in [0.717, 1.165) is 30.0 Å². The van der Waals surface area contributed by atoms with E-state index in [2.05, 4.69) is 17.5 Å². The molecule has 0 radical (unpaired) electrons. The van der Waals surface area contributed by atoms with Gasteiger partial charge in [0.25, 0.3) is 0 Å². The van der Waals surface area contributed by atoms with Gasteiger partial charge in [0.1, 0.15) is 25.1 Å². The number of aryl methyl sites for hydroxylation is 1. The van der Waals surface area contributed by atoms with Crippen molar-refractivity contribution in [3.8, 4) is 12.1 Å². The number of alkyl halides is 2. The van der Waals surface area contributed by atoms with Crippen LogP contribution in [0.2, 0.25) is 0 Å². The number of rotatable bonds is 7. The Kier molecular flexibility index (Phi) is 8.49. The van der Waals surface area contributed by atoms with Crippen LogP contribution >= 0.6 is 0 Å². The molecule has 4 heterocycles. The zero-order valence-electron chi connectivity index (χ0n) is 24.8. The van der Waals surface area contributed by atoms with Gasteiger partial charge in [0.2, 0.25) is 11.8 Å². The van der Waals surface area contributed by atoms with E-state index in [-0.39, 0.29) is 50.0 Å². The highest BCUT2D eigenvalue weighted by Crippen LogP contribution is 2.46. The molecule has 1 aromatic heterocycles. The standard InChI is InChI=1S/C32H37F2N7O3/c1-39-18-22(34)16-24(39)20-44-31-36-26-17-32(11-4-7-21-6-2-3-8-25(21)32)30(43)37-28(26)29(38-31)40-14-15-41(23(19-40)10-13-35)27(42)9-5-12-33/h2-3,5-6,8-9,22-24H,4,7,10-12,14-20H2,1H3,(H,37,43)/b9-5+/t22-,23-,24-,32?/m0/s1. The number of nitrogens with zero attached hydrogens (tertiary/aromatic N) is 6. The van der Waals surface area contributed by atoms with E-state index < -0.39 is 24.3 Å². The van der Waals surface area contributed by atoms with E-state index in [1.54, 1.807) is 4.90 Å². The predicted molar refractivity (Wildman–Crippen MR) is 160 cm³/mol. The van der Waals surface area contributed by atoms with Gasteiger partial charge in [-0.05, 0) is 49.9 Å². The second-order valence-corrected chi connectivity index (χ2v) is 12.2. The molecule has 1 spiro atoms. The number of aromatic nitrogens is 2. The average Bonchev–Trinajstić information content (AvgIpc) is 3.35. The number of fused-ring (bicyclic) bond motifs is 3. The van der Waals surface area contributed by atoms with Crippen LogP contribution in [0.5, 0.6) is 6.01 Å². The first-order chi connectivity index (χ1) is 21.3. The number of likely N-dealkylation sites (N-methyl/N-ethyl adjacent to an activating group) is 1. The molecule has 232 valence electrons. The number of ether oxygens (including phenoxy) is 1. The van der Waals surface area contributed by atoms with Crippen LogP contribution in [-0.2, 0) is 27.8 Å². The Morgan fingerprint density at radius 3 is 2.86 bits per heavy atom. The number of benzene rings is 1. The Morgan fingerprint density at radius 1 is 1.25 bits per heavy atom. The third kappa shape index (κ3) is 5.61. The summed E-state index contributed by atoms with van der Waals surface area (Å²) in [7, 11) is 1.87. The Morgan fingerprint density at radius 2 is 2.09 bits per heavy atom. The zero-order chi connectivity index (χ0) is 30.8. The SMILES string of the molecule is CN1C[C@@H](F)C[C@H]1COc1nc2c(c(N3CCN(C(=O)/C=C/CF)[C@@H](CC#N)C3)n1)NC(=O)C1(CCCc3ccccc31)C2. The van der Waals surface area contributed by atoms with Crippen LogP contribution in [0.15, 0.2) is 36.4 Å². The molecule has 1 N–H and O–H groups in total. The molecule has 10 nitrogen and oxygen atoms in total. The second kappa shape index (κ2) is 12.5. The van der Waals surface area contributed by atoms with Crippen molar-refractivity contribution in [2.75, 3.05) is 56.7 Å². The molecule has 12 heteroatoms. The molecule has 4 aliphatic rings. The fourth-order valence-electron chi connectivity index (χ4n) is 7.20. The molecule has 0 saturated carbocycles. The maximum absolute atomic E-state index is 14.0. The zero-order valence-corrected chi connectivity index (χ0v) is 24.8. The molecule has 44 heavy (non-hydrogen) atoms. The van der Waals surface area contributed by atoms with Gasteiger partial charge in [0.05, 0.1) is 29.6 Å². The van der Waals surface area contributed by atoms with Crippen molar-refractivity contribution in [2.24, 2.45) is 0 Å². The number of hydrogen-bond donors (Lipinski definition) is 1. The van der Waals surface area contributed by atoms with Gasteiger partial charge in [-0.25, -0.2) is 8.78 Å². The van der Waals surface area contributed by atoms with Crippen molar-refractivity contribution in [1.29, 1.82) is 5.26 Å². The third-order valence-electron chi connectivity index (χ3n) is 9.45. The molecular formula is C32H37F2N7O3. The highest BCUT2D eigenvalue weighted by Gasteiger charge is 2.48. The normalized spacial score (nSPS) is 26.8. The number of carbonyl (C=O) groups excluding carboxylic acids is 2. The van der Waals surface area contributed by atoms with Crippen LogP contribution in [0.25, 0.3) is 0 Å². The predicted octanol–water partition coefficient (Wildman–Crippen LogP) is 3.12. The second-order valence-electron chi connectivity index (χ2n) is 12.2. The van der Waals surface area contributed by atoms with Crippen LogP contribution in [0.4, 0.5) is 20.3 Å². The number of nitriles is 1. The summed E-state index contributed by atoms with van der Waals surface area (Å²) in [6.07, 6.45) is 4.74. The van der Waals surface area contributed by atoms with Crippen LogP contribution < -0.4 is 15.0 Å². The van der Waals surface area contributed by atoms with Crippen molar-refractivity contribution in [2.45, 2.75) is 62.2 Å². The molecule has 1 aromatic carbocycles. The largest absolute Gasteiger partial charge is 0.462 e. The Hall–Kier alpha value is -4.11. The van der Waals surface area contributed by atoms with Crippen molar-refractivity contribution in [1.82, 2.24) is 19.8 Å². The molecular weight excluding hydrogens is 568 g/mol.